The van der Waals surface area contributed by atoms with Crippen LogP contribution in [0.1, 0.15) is 15.9 Å². The molecule has 0 amide bonds. The molecule has 0 fully saturated rings. The van der Waals surface area contributed by atoms with Crippen LogP contribution in [0.15, 0.2) is 67.1 Å². The molecule has 216 valence electrons. The number of rotatable bonds is 8. The highest BCUT2D eigenvalue weighted by Gasteiger charge is 2.23. The molecule has 0 aliphatic rings. The summed E-state index contributed by atoms with van der Waals surface area (Å²) in [5.41, 5.74) is 7.02. The molecule has 3 N–H and O–H groups in total. The van der Waals surface area contributed by atoms with Crippen LogP contribution >= 0.6 is 0 Å². The number of nitrogens with one attached hydrogen (secondary N) is 1. The van der Waals surface area contributed by atoms with E-state index in [-0.39, 0.29) is 28.5 Å². The van der Waals surface area contributed by atoms with Crippen LogP contribution in [-0.4, -0.2) is 52.5 Å². The van der Waals surface area contributed by atoms with Gasteiger partial charge in [0.15, 0.2) is 17.3 Å². The summed E-state index contributed by atoms with van der Waals surface area (Å²) in [5, 5.41) is 4.52. The lowest BCUT2D eigenvalue weighted by molar-refractivity contribution is -0.137. The minimum absolute atomic E-state index is 0.00175. The van der Waals surface area contributed by atoms with Crippen LogP contribution in [0.4, 0.5) is 20.3 Å². The Bertz CT molecular complexity index is 1970. The summed E-state index contributed by atoms with van der Waals surface area (Å²) in [6, 6.07) is 11.1. The second-order valence-electron chi connectivity index (χ2n) is 9.02. The molecule has 42 heavy (non-hydrogen) atoms. The number of carbonyl (C=O) groups is 2. The number of nitrogens with two attached hydrogens (primary N) is 1. The molecular weight excluding hydrogens is 574 g/mol. The molecule has 0 saturated carbocycles. The Morgan fingerprint density at radius 2 is 1.83 bits per heavy atom. The van der Waals surface area contributed by atoms with Crippen molar-refractivity contribution in [3.8, 4) is 17.3 Å². The number of nitrogens with zero attached hydrogens (tertiary/aromatic N) is 4. The summed E-state index contributed by atoms with van der Waals surface area (Å²) in [6.07, 6.45) is 4.03. The molecule has 0 unspecified atom stereocenters. The number of ether oxygens (including phenoxy) is 2. The van der Waals surface area contributed by atoms with Crippen LogP contribution < -0.4 is 15.2 Å². The molecule has 3 heterocycles. The average Bonchev–Trinajstić information content (AvgIpc) is 3.52. The zero-order valence-corrected chi connectivity index (χ0v) is 22.9. The first-order valence-electron chi connectivity index (χ1n) is 12.1. The lowest BCUT2D eigenvalue weighted by Gasteiger charge is -2.11. The van der Waals surface area contributed by atoms with E-state index >= 15 is 0 Å². The Kier molecular flexibility index (Phi) is 7.34. The number of para-hydroxylation sites is 1. The number of pyridine rings is 1. The Labute approximate surface area is 237 Å². The third-order valence-electron chi connectivity index (χ3n) is 6.17. The smallest absolute Gasteiger partial charge is 0.322 e. The monoisotopic (exact) mass is 596 g/mol. The van der Waals surface area contributed by atoms with E-state index < -0.39 is 45.0 Å². The van der Waals surface area contributed by atoms with Crippen LogP contribution in [0.2, 0.25) is 0 Å². The van der Waals surface area contributed by atoms with Crippen molar-refractivity contribution < 1.29 is 36.3 Å². The van der Waals surface area contributed by atoms with Gasteiger partial charge in [0.25, 0.3) is 5.91 Å². The molecule has 5 aromatic rings. The van der Waals surface area contributed by atoms with Gasteiger partial charge in [-0.2, -0.15) is 5.10 Å². The molecule has 0 aliphatic heterocycles. The van der Waals surface area contributed by atoms with Gasteiger partial charge in [0, 0.05) is 17.6 Å². The standard InChI is InChI=1S/C27H22F2N6O6S/c1-15-9-24(41-23-6-4-3-5-18(23)28)31-13-22(15)35-26(30)17(12-32-35)27(37)34-8-7-16-10-19(29)20(11-21(16)34)33-42(38,39)14-25(36)40-2/h3-13,33H,14,30H2,1-2H3. The van der Waals surface area contributed by atoms with Crippen LogP contribution in [0.3, 0.4) is 0 Å². The number of nitrogen functional groups attached to an aromatic ring is 1. The minimum Gasteiger partial charge on any atom is -0.468 e. The minimum atomic E-state index is -4.29. The number of carbonyl (C=O) groups excluding carboxylic acids is 2. The van der Waals surface area contributed by atoms with Crippen molar-refractivity contribution in [2.24, 2.45) is 0 Å². The molecule has 3 aromatic heterocycles. The third-order valence-corrected chi connectivity index (χ3v) is 7.32. The lowest BCUT2D eigenvalue weighted by atomic mass is 10.2. The number of halogens is 2. The van der Waals surface area contributed by atoms with E-state index in [1.54, 1.807) is 19.1 Å². The molecule has 12 nitrogen and oxygen atoms in total. The molecule has 0 radical (unpaired) electrons. The number of sulfonamides is 1. The molecule has 0 aliphatic carbocycles. The molecule has 0 atom stereocenters. The highest BCUT2D eigenvalue weighted by Crippen LogP contribution is 2.29. The van der Waals surface area contributed by atoms with E-state index in [0.29, 0.717) is 16.6 Å². The second kappa shape index (κ2) is 10.9. The van der Waals surface area contributed by atoms with Gasteiger partial charge in [0.05, 0.1) is 36.4 Å². The van der Waals surface area contributed by atoms with E-state index in [2.05, 4.69) is 14.8 Å². The topological polar surface area (TPSA) is 160 Å². The fraction of sp³-hybridized carbons (Fsp3) is 0.111. The van der Waals surface area contributed by atoms with Gasteiger partial charge in [-0.1, -0.05) is 12.1 Å². The van der Waals surface area contributed by atoms with Crippen LogP contribution in [0, 0.1) is 18.6 Å². The number of methoxy groups -OCH3 is 1. The van der Waals surface area contributed by atoms with Gasteiger partial charge in [0.1, 0.15) is 17.2 Å². The Hall–Kier alpha value is -5.31. The fourth-order valence-corrected chi connectivity index (χ4v) is 5.10. The van der Waals surface area contributed by atoms with Crippen molar-refractivity contribution in [3.05, 3.63) is 89.9 Å². The summed E-state index contributed by atoms with van der Waals surface area (Å²) in [4.78, 5) is 29.1. The number of esters is 1. The van der Waals surface area contributed by atoms with Gasteiger partial charge in [-0.3, -0.25) is 18.9 Å². The maximum Gasteiger partial charge on any atom is 0.322 e. The molecule has 0 bridgehead atoms. The first-order chi connectivity index (χ1) is 20.0. The highest BCUT2D eigenvalue weighted by atomic mass is 32.2. The van der Waals surface area contributed by atoms with Crippen LogP contribution in [0.5, 0.6) is 11.6 Å². The number of aryl methyl sites for hydroxylation is 1. The average molecular weight is 597 g/mol. The molecule has 0 saturated heterocycles. The Morgan fingerprint density at radius 3 is 2.55 bits per heavy atom. The van der Waals surface area contributed by atoms with Crippen molar-refractivity contribution in [2.75, 3.05) is 23.3 Å². The SMILES string of the molecule is COC(=O)CS(=O)(=O)Nc1cc2c(ccn2C(=O)c2cnn(-c3cnc(Oc4ccccc4F)cc3C)c2N)cc1F. The summed E-state index contributed by atoms with van der Waals surface area (Å²) < 4.78 is 67.5. The first kappa shape index (κ1) is 28.2. The number of hydrogen-bond acceptors (Lipinski definition) is 9. The summed E-state index contributed by atoms with van der Waals surface area (Å²) in [7, 11) is -3.27. The Morgan fingerprint density at radius 1 is 1.07 bits per heavy atom. The van der Waals surface area contributed by atoms with Gasteiger partial charge >= 0.3 is 5.97 Å². The van der Waals surface area contributed by atoms with Crippen molar-refractivity contribution in [1.82, 2.24) is 19.3 Å². The van der Waals surface area contributed by atoms with E-state index in [1.807, 2.05) is 4.72 Å². The zero-order chi connectivity index (χ0) is 30.2. The number of hydrogen-bond donors (Lipinski definition) is 2. The molecule has 15 heteroatoms. The molecule has 5 rings (SSSR count). The van der Waals surface area contributed by atoms with Gasteiger partial charge in [-0.25, -0.2) is 26.9 Å². The number of fused-ring (bicyclic) bond motifs is 1. The predicted molar refractivity (Wildman–Crippen MR) is 148 cm³/mol. The summed E-state index contributed by atoms with van der Waals surface area (Å²) >= 11 is 0. The van der Waals surface area contributed by atoms with Gasteiger partial charge in [-0.15, -0.1) is 0 Å². The normalized spacial score (nSPS) is 11.4. The van der Waals surface area contributed by atoms with Crippen LogP contribution in [0.25, 0.3) is 16.6 Å². The van der Waals surface area contributed by atoms with E-state index in [4.69, 9.17) is 10.5 Å². The lowest BCUT2D eigenvalue weighted by Crippen LogP contribution is -2.24. The van der Waals surface area contributed by atoms with E-state index in [1.165, 1.54) is 47.5 Å². The number of aromatic nitrogens is 4. The number of benzene rings is 2. The third kappa shape index (κ3) is 5.49. The zero-order valence-electron chi connectivity index (χ0n) is 22.0. The maximum absolute atomic E-state index is 14.7. The quantitative estimate of drug-likeness (QED) is 0.254. The van der Waals surface area contributed by atoms with E-state index in [0.717, 1.165) is 23.8 Å². The fourth-order valence-electron chi connectivity index (χ4n) is 4.11. The van der Waals surface area contributed by atoms with E-state index in [9.17, 15) is 26.8 Å². The molecule has 2 aromatic carbocycles. The van der Waals surface area contributed by atoms with Gasteiger partial charge < -0.3 is 15.2 Å². The molecule has 0 spiro atoms. The van der Waals surface area contributed by atoms with Crippen molar-refractivity contribution in [2.45, 2.75) is 6.92 Å². The predicted octanol–water partition coefficient (Wildman–Crippen LogP) is 3.79. The Balaban J connectivity index is 1.44. The summed E-state index contributed by atoms with van der Waals surface area (Å²) in [6.45, 7) is 1.73. The highest BCUT2D eigenvalue weighted by molar-refractivity contribution is 7.93. The number of anilines is 2. The second-order valence-corrected chi connectivity index (χ2v) is 10.7. The molecular formula is C27H22F2N6O6S. The maximum atomic E-state index is 14.7. The van der Waals surface area contributed by atoms with Gasteiger partial charge in [0.2, 0.25) is 15.9 Å². The van der Waals surface area contributed by atoms with Crippen molar-refractivity contribution in [3.63, 3.8) is 0 Å². The van der Waals surface area contributed by atoms with Crippen molar-refractivity contribution >= 4 is 44.3 Å². The summed E-state index contributed by atoms with van der Waals surface area (Å²) in [5.74, 6) is -4.06. The largest absolute Gasteiger partial charge is 0.468 e. The first-order valence-corrected chi connectivity index (χ1v) is 13.8. The van der Waals surface area contributed by atoms with Gasteiger partial charge in [-0.05, 0) is 42.8 Å². The van der Waals surface area contributed by atoms with Crippen molar-refractivity contribution in [1.29, 1.82) is 0 Å². The van der Waals surface area contributed by atoms with Crippen LogP contribution in [-0.2, 0) is 19.6 Å².